The molecular weight excluding hydrogens is 220 g/mol. The zero-order valence-corrected chi connectivity index (χ0v) is 11.4. The molecule has 1 heterocycles. The predicted molar refractivity (Wildman–Crippen MR) is 78.5 cm³/mol. The van der Waals surface area contributed by atoms with Crippen molar-refractivity contribution in [2.24, 2.45) is 0 Å². The molecular formula is C16H24N2. The summed E-state index contributed by atoms with van der Waals surface area (Å²) in [5.41, 5.74) is 4.32. The summed E-state index contributed by atoms with van der Waals surface area (Å²) < 4.78 is 0. The normalized spacial score (nSPS) is 20.1. The third-order valence-corrected chi connectivity index (χ3v) is 4.56. The second-order valence-corrected chi connectivity index (χ2v) is 5.74. The number of rotatable bonds is 2. The topological polar surface area (TPSA) is 15.3 Å². The number of nitrogens with zero attached hydrogens (tertiary/aromatic N) is 1. The Bertz CT molecular complexity index is 408. The third-order valence-electron chi connectivity index (χ3n) is 4.56. The minimum atomic E-state index is 0.744. The molecule has 1 aromatic carbocycles. The Morgan fingerprint density at radius 1 is 1.11 bits per heavy atom. The molecule has 0 amide bonds. The van der Waals surface area contributed by atoms with Crippen molar-refractivity contribution in [2.45, 2.75) is 51.0 Å². The number of hydrogen-bond acceptors (Lipinski definition) is 2. The van der Waals surface area contributed by atoms with Crippen LogP contribution in [0.3, 0.4) is 0 Å². The van der Waals surface area contributed by atoms with Gasteiger partial charge in [-0.15, -0.1) is 0 Å². The SMILES string of the molecule is CN(c1cccc2c1NCCC2)C1CCCCC1. The van der Waals surface area contributed by atoms with E-state index in [1.54, 1.807) is 0 Å². The largest absolute Gasteiger partial charge is 0.383 e. The van der Waals surface area contributed by atoms with Crippen molar-refractivity contribution in [1.82, 2.24) is 0 Å². The third kappa shape index (κ3) is 2.21. The van der Waals surface area contributed by atoms with Crippen LogP contribution in [-0.2, 0) is 6.42 Å². The summed E-state index contributed by atoms with van der Waals surface area (Å²) in [5.74, 6) is 0. The van der Waals surface area contributed by atoms with Crippen LogP contribution in [0.5, 0.6) is 0 Å². The van der Waals surface area contributed by atoms with Crippen molar-refractivity contribution in [1.29, 1.82) is 0 Å². The highest BCUT2D eigenvalue weighted by Crippen LogP contribution is 2.35. The van der Waals surface area contributed by atoms with E-state index in [2.05, 4.69) is 35.5 Å². The summed E-state index contributed by atoms with van der Waals surface area (Å²) >= 11 is 0. The number of para-hydroxylation sites is 1. The highest BCUT2D eigenvalue weighted by molar-refractivity contribution is 5.74. The molecule has 1 N–H and O–H groups in total. The lowest BCUT2D eigenvalue weighted by Crippen LogP contribution is -2.34. The molecule has 0 aromatic heterocycles. The van der Waals surface area contributed by atoms with E-state index in [1.165, 1.54) is 61.9 Å². The van der Waals surface area contributed by atoms with Crippen LogP contribution in [0.25, 0.3) is 0 Å². The van der Waals surface area contributed by atoms with Crippen LogP contribution >= 0.6 is 0 Å². The van der Waals surface area contributed by atoms with Gasteiger partial charge in [0.15, 0.2) is 0 Å². The van der Waals surface area contributed by atoms with Gasteiger partial charge in [0, 0.05) is 19.6 Å². The molecule has 0 saturated heterocycles. The number of hydrogen-bond donors (Lipinski definition) is 1. The first-order chi connectivity index (χ1) is 8.86. The molecule has 98 valence electrons. The van der Waals surface area contributed by atoms with Gasteiger partial charge in [-0.3, -0.25) is 0 Å². The van der Waals surface area contributed by atoms with Crippen LogP contribution in [0.15, 0.2) is 18.2 Å². The van der Waals surface area contributed by atoms with Gasteiger partial charge < -0.3 is 10.2 Å². The van der Waals surface area contributed by atoms with Gasteiger partial charge in [-0.05, 0) is 37.3 Å². The predicted octanol–water partition coefficient (Wildman–Crippen LogP) is 3.81. The molecule has 3 rings (SSSR count). The first kappa shape index (κ1) is 11.9. The van der Waals surface area contributed by atoms with Crippen molar-refractivity contribution in [2.75, 3.05) is 23.8 Å². The molecule has 1 saturated carbocycles. The quantitative estimate of drug-likeness (QED) is 0.851. The Hall–Kier alpha value is -1.18. The Morgan fingerprint density at radius 2 is 1.94 bits per heavy atom. The Labute approximate surface area is 110 Å². The van der Waals surface area contributed by atoms with Gasteiger partial charge >= 0.3 is 0 Å². The van der Waals surface area contributed by atoms with Crippen molar-refractivity contribution in [3.05, 3.63) is 23.8 Å². The number of benzene rings is 1. The van der Waals surface area contributed by atoms with Crippen LogP contribution in [0.1, 0.15) is 44.1 Å². The smallest absolute Gasteiger partial charge is 0.0610 e. The number of nitrogens with one attached hydrogen (secondary N) is 1. The van der Waals surface area contributed by atoms with E-state index in [0.717, 1.165) is 12.6 Å². The van der Waals surface area contributed by atoms with Crippen LogP contribution in [0.4, 0.5) is 11.4 Å². The maximum atomic E-state index is 3.61. The highest BCUT2D eigenvalue weighted by Gasteiger charge is 2.22. The first-order valence-electron chi connectivity index (χ1n) is 7.45. The second-order valence-electron chi connectivity index (χ2n) is 5.74. The average molecular weight is 244 g/mol. The molecule has 1 aromatic rings. The summed E-state index contributed by atoms with van der Waals surface area (Å²) in [4.78, 5) is 2.52. The minimum absolute atomic E-state index is 0.744. The summed E-state index contributed by atoms with van der Waals surface area (Å²) in [7, 11) is 2.28. The Morgan fingerprint density at radius 3 is 2.78 bits per heavy atom. The maximum absolute atomic E-state index is 3.61. The fraction of sp³-hybridized carbons (Fsp3) is 0.625. The zero-order chi connectivity index (χ0) is 12.4. The van der Waals surface area contributed by atoms with Crippen molar-refractivity contribution < 1.29 is 0 Å². The monoisotopic (exact) mass is 244 g/mol. The lowest BCUT2D eigenvalue weighted by Gasteiger charge is -2.35. The Kier molecular flexibility index (Phi) is 3.44. The molecule has 0 radical (unpaired) electrons. The lowest BCUT2D eigenvalue weighted by atomic mass is 9.93. The van der Waals surface area contributed by atoms with E-state index >= 15 is 0 Å². The second kappa shape index (κ2) is 5.21. The number of aryl methyl sites for hydroxylation is 1. The van der Waals surface area contributed by atoms with Crippen LogP contribution in [-0.4, -0.2) is 19.6 Å². The molecule has 0 atom stereocenters. The number of fused-ring (bicyclic) bond motifs is 1. The summed E-state index contributed by atoms with van der Waals surface area (Å²) in [6.45, 7) is 1.13. The minimum Gasteiger partial charge on any atom is -0.383 e. The molecule has 1 fully saturated rings. The lowest BCUT2D eigenvalue weighted by molar-refractivity contribution is 0.427. The van der Waals surface area contributed by atoms with Crippen molar-refractivity contribution in [3.8, 4) is 0 Å². The molecule has 0 bridgehead atoms. The molecule has 18 heavy (non-hydrogen) atoms. The van der Waals surface area contributed by atoms with Gasteiger partial charge in [-0.2, -0.15) is 0 Å². The van der Waals surface area contributed by atoms with Gasteiger partial charge in [0.1, 0.15) is 0 Å². The van der Waals surface area contributed by atoms with E-state index in [-0.39, 0.29) is 0 Å². The molecule has 2 aliphatic rings. The molecule has 2 heteroatoms. The van der Waals surface area contributed by atoms with Crippen molar-refractivity contribution in [3.63, 3.8) is 0 Å². The fourth-order valence-corrected chi connectivity index (χ4v) is 3.45. The summed E-state index contributed by atoms with van der Waals surface area (Å²) in [5, 5.41) is 3.61. The van der Waals surface area contributed by atoms with E-state index in [1.807, 2.05) is 0 Å². The van der Waals surface area contributed by atoms with E-state index in [0.29, 0.717) is 0 Å². The van der Waals surface area contributed by atoms with Crippen LogP contribution < -0.4 is 10.2 Å². The van der Waals surface area contributed by atoms with Gasteiger partial charge in [-0.25, -0.2) is 0 Å². The molecule has 1 aliphatic carbocycles. The fourth-order valence-electron chi connectivity index (χ4n) is 3.45. The first-order valence-corrected chi connectivity index (χ1v) is 7.45. The average Bonchev–Trinajstić information content (AvgIpc) is 2.47. The Balaban J connectivity index is 1.86. The van der Waals surface area contributed by atoms with E-state index in [9.17, 15) is 0 Å². The summed E-state index contributed by atoms with van der Waals surface area (Å²) in [6.07, 6.45) is 9.45. The van der Waals surface area contributed by atoms with Crippen LogP contribution in [0.2, 0.25) is 0 Å². The van der Waals surface area contributed by atoms with E-state index in [4.69, 9.17) is 0 Å². The maximum Gasteiger partial charge on any atom is 0.0610 e. The van der Waals surface area contributed by atoms with Gasteiger partial charge in [0.2, 0.25) is 0 Å². The zero-order valence-electron chi connectivity index (χ0n) is 11.4. The molecule has 1 aliphatic heterocycles. The molecule has 0 unspecified atom stereocenters. The van der Waals surface area contributed by atoms with Crippen LogP contribution in [0, 0.1) is 0 Å². The van der Waals surface area contributed by atoms with Gasteiger partial charge in [-0.1, -0.05) is 31.4 Å². The highest BCUT2D eigenvalue weighted by atomic mass is 15.2. The standard InChI is InChI=1S/C16H24N2/c1-18(14-9-3-2-4-10-14)15-11-5-7-13-8-6-12-17-16(13)15/h5,7,11,14,17H,2-4,6,8-10,12H2,1H3. The van der Waals surface area contributed by atoms with Gasteiger partial charge in [0.25, 0.3) is 0 Å². The van der Waals surface area contributed by atoms with Crippen molar-refractivity contribution >= 4 is 11.4 Å². The van der Waals surface area contributed by atoms with Gasteiger partial charge in [0.05, 0.1) is 11.4 Å². The molecule has 0 spiro atoms. The molecule has 2 nitrogen and oxygen atoms in total. The summed E-state index contributed by atoms with van der Waals surface area (Å²) in [6, 6.07) is 7.53. The van der Waals surface area contributed by atoms with E-state index < -0.39 is 0 Å². The number of anilines is 2.